The summed E-state index contributed by atoms with van der Waals surface area (Å²) in [4.78, 5) is 5.05. The van der Waals surface area contributed by atoms with Gasteiger partial charge in [0.2, 0.25) is 0 Å². The van der Waals surface area contributed by atoms with Gasteiger partial charge in [-0.3, -0.25) is 0 Å². The van der Waals surface area contributed by atoms with Gasteiger partial charge in [-0.2, -0.15) is 0 Å². The predicted octanol–water partition coefficient (Wildman–Crippen LogP) is 3.28. The van der Waals surface area contributed by atoms with E-state index in [4.69, 9.17) is 4.84 Å². The molecule has 3 saturated carbocycles. The van der Waals surface area contributed by atoms with Crippen molar-refractivity contribution in [3.8, 4) is 0 Å². The lowest BCUT2D eigenvalue weighted by Gasteiger charge is -2.57. The largest absolute Gasteiger partial charge is 0.399 e. The van der Waals surface area contributed by atoms with Crippen molar-refractivity contribution < 1.29 is 15.1 Å². The SMILES string of the molecule is CO/N=C1\[C@H](O)C[C@H]2[C@@H]3CC=C4C[C@@H](O)CC[C@]4(C)[C@H]3CC[C@]12C. The molecular weight excluding hydrogens is 302 g/mol. The second kappa shape index (κ2) is 5.57. The molecule has 0 aromatic carbocycles. The molecule has 4 heteroatoms. The van der Waals surface area contributed by atoms with Crippen molar-refractivity contribution >= 4 is 5.71 Å². The van der Waals surface area contributed by atoms with Crippen LogP contribution in [0.15, 0.2) is 16.8 Å². The molecule has 0 amide bonds. The van der Waals surface area contributed by atoms with Crippen LogP contribution in [0.3, 0.4) is 0 Å². The van der Waals surface area contributed by atoms with Gasteiger partial charge in [0.25, 0.3) is 0 Å². The topological polar surface area (TPSA) is 62.0 Å². The van der Waals surface area contributed by atoms with Gasteiger partial charge in [-0.1, -0.05) is 30.7 Å². The van der Waals surface area contributed by atoms with Gasteiger partial charge in [0.1, 0.15) is 7.11 Å². The van der Waals surface area contributed by atoms with Gasteiger partial charge in [-0.25, -0.2) is 0 Å². The molecule has 0 unspecified atom stereocenters. The van der Waals surface area contributed by atoms with Crippen LogP contribution in [0.1, 0.15) is 58.8 Å². The number of fused-ring (bicyclic) bond motifs is 5. The monoisotopic (exact) mass is 333 g/mol. The molecule has 0 aromatic heterocycles. The molecule has 0 aliphatic heterocycles. The van der Waals surface area contributed by atoms with Crippen molar-refractivity contribution in [1.82, 2.24) is 0 Å². The summed E-state index contributed by atoms with van der Waals surface area (Å²) in [6.07, 6.45) is 8.91. The van der Waals surface area contributed by atoms with Crippen molar-refractivity contribution in [2.75, 3.05) is 7.11 Å². The standard InChI is InChI=1S/C20H31NO3/c1-19-8-6-13(22)10-12(19)4-5-14-15(19)7-9-20(2)16(14)11-17(23)18(20)21-24-3/h4,13-17,22-23H,5-11H2,1-3H3/b21-18+/t13-,14+,15-,16-,17+,19-,20-/m0/s1. The Hall–Kier alpha value is -0.870. The van der Waals surface area contributed by atoms with Gasteiger partial charge in [0, 0.05) is 5.41 Å². The lowest BCUT2D eigenvalue weighted by atomic mass is 9.48. The summed E-state index contributed by atoms with van der Waals surface area (Å²) in [5.74, 6) is 1.78. The van der Waals surface area contributed by atoms with Crippen LogP contribution < -0.4 is 0 Å². The Kier molecular flexibility index (Phi) is 3.85. The van der Waals surface area contributed by atoms with E-state index in [9.17, 15) is 10.2 Å². The zero-order valence-corrected chi connectivity index (χ0v) is 15.2. The number of hydrogen-bond donors (Lipinski definition) is 2. The molecule has 24 heavy (non-hydrogen) atoms. The second-order valence-electron chi connectivity index (χ2n) is 9.02. The lowest BCUT2D eigenvalue weighted by molar-refractivity contribution is -0.0237. The van der Waals surface area contributed by atoms with Crippen molar-refractivity contribution in [2.24, 2.45) is 33.7 Å². The van der Waals surface area contributed by atoms with Crippen molar-refractivity contribution in [3.05, 3.63) is 11.6 Å². The molecule has 4 nitrogen and oxygen atoms in total. The number of nitrogens with zero attached hydrogens (tertiary/aromatic N) is 1. The molecule has 0 heterocycles. The summed E-state index contributed by atoms with van der Waals surface area (Å²) < 4.78 is 0. The van der Waals surface area contributed by atoms with Gasteiger partial charge in [0.05, 0.1) is 17.9 Å². The summed E-state index contributed by atoms with van der Waals surface area (Å²) in [6.45, 7) is 4.72. The molecule has 3 fully saturated rings. The van der Waals surface area contributed by atoms with Crippen LogP contribution in [0.5, 0.6) is 0 Å². The molecule has 2 N–H and O–H groups in total. The fraction of sp³-hybridized carbons (Fsp3) is 0.850. The Morgan fingerprint density at radius 3 is 2.62 bits per heavy atom. The third kappa shape index (κ3) is 2.15. The fourth-order valence-corrected chi connectivity index (χ4v) is 6.71. The number of oxime groups is 1. The van der Waals surface area contributed by atoms with Gasteiger partial charge >= 0.3 is 0 Å². The third-order valence-corrected chi connectivity index (χ3v) is 8.04. The minimum atomic E-state index is -0.454. The molecule has 4 rings (SSSR count). The summed E-state index contributed by atoms with van der Waals surface area (Å²) in [6, 6.07) is 0. The highest BCUT2D eigenvalue weighted by molar-refractivity contribution is 5.95. The number of aliphatic hydroxyl groups excluding tert-OH is 2. The molecule has 4 aliphatic carbocycles. The summed E-state index contributed by atoms with van der Waals surface area (Å²) in [5, 5.41) is 24.9. The summed E-state index contributed by atoms with van der Waals surface area (Å²) in [5.41, 5.74) is 2.59. The van der Waals surface area contributed by atoms with E-state index < -0.39 is 6.10 Å². The summed E-state index contributed by atoms with van der Waals surface area (Å²) in [7, 11) is 1.58. The first-order chi connectivity index (χ1) is 11.4. The highest BCUT2D eigenvalue weighted by Gasteiger charge is 2.60. The van der Waals surface area contributed by atoms with Crippen molar-refractivity contribution in [1.29, 1.82) is 0 Å². The van der Waals surface area contributed by atoms with Crippen LogP contribution in [0.25, 0.3) is 0 Å². The van der Waals surface area contributed by atoms with Gasteiger partial charge < -0.3 is 15.1 Å². The maximum atomic E-state index is 10.6. The Morgan fingerprint density at radius 1 is 1.12 bits per heavy atom. The molecule has 0 radical (unpaired) electrons. The van der Waals surface area contributed by atoms with E-state index in [0.29, 0.717) is 17.8 Å². The zero-order valence-electron chi connectivity index (χ0n) is 15.2. The average Bonchev–Trinajstić information content (AvgIpc) is 2.80. The van der Waals surface area contributed by atoms with Gasteiger partial charge in [-0.05, 0) is 68.1 Å². The van der Waals surface area contributed by atoms with Crippen LogP contribution in [0, 0.1) is 28.6 Å². The molecule has 134 valence electrons. The number of allylic oxidation sites excluding steroid dienone is 1. The number of aliphatic hydroxyl groups is 2. The maximum absolute atomic E-state index is 10.6. The molecule has 4 aliphatic rings. The minimum Gasteiger partial charge on any atom is -0.399 e. The third-order valence-electron chi connectivity index (χ3n) is 8.04. The smallest absolute Gasteiger partial charge is 0.106 e. The lowest BCUT2D eigenvalue weighted by Crippen LogP contribution is -2.50. The van der Waals surface area contributed by atoms with Crippen LogP contribution in [0.2, 0.25) is 0 Å². The Bertz CT molecular complexity index is 585. The summed E-state index contributed by atoms with van der Waals surface area (Å²) >= 11 is 0. The Labute approximate surface area is 145 Å². The molecule has 0 aromatic rings. The molecule has 0 spiro atoms. The molecule has 0 bridgehead atoms. The first kappa shape index (κ1) is 16.6. The van der Waals surface area contributed by atoms with E-state index in [-0.39, 0.29) is 16.9 Å². The molecular formula is C20H31NO3. The van der Waals surface area contributed by atoms with E-state index in [1.807, 2.05) is 0 Å². The molecule has 0 saturated heterocycles. The highest BCUT2D eigenvalue weighted by atomic mass is 16.6. The van der Waals surface area contributed by atoms with Crippen LogP contribution in [-0.2, 0) is 4.84 Å². The Balaban J connectivity index is 1.68. The minimum absolute atomic E-state index is 0.0214. The zero-order chi connectivity index (χ0) is 17.1. The Morgan fingerprint density at radius 2 is 1.88 bits per heavy atom. The first-order valence-electron chi connectivity index (χ1n) is 9.57. The van der Waals surface area contributed by atoms with E-state index >= 15 is 0 Å². The van der Waals surface area contributed by atoms with E-state index in [2.05, 4.69) is 25.1 Å². The molecule has 7 atom stereocenters. The second-order valence-corrected chi connectivity index (χ2v) is 9.02. The van der Waals surface area contributed by atoms with Crippen molar-refractivity contribution in [3.63, 3.8) is 0 Å². The van der Waals surface area contributed by atoms with E-state index in [1.165, 1.54) is 12.0 Å². The van der Waals surface area contributed by atoms with Gasteiger partial charge in [-0.15, -0.1) is 0 Å². The van der Waals surface area contributed by atoms with E-state index in [1.54, 1.807) is 7.11 Å². The van der Waals surface area contributed by atoms with Crippen LogP contribution in [-0.4, -0.2) is 35.2 Å². The first-order valence-corrected chi connectivity index (χ1v) is 9.57. The average molecular weight is 333 g/mol. The van der Waals surface area contributed by atoms with Crippen molar-refractivity contribution in [2.45, 2.75) is 71.0 Å². The highest BCUT2D eigenvalue weighted by Crippen LogP contribution is 2.64. The predicted molar refractivity (Wildman–Crippen MR) is 93.5 cm³/mol. The maximum Gasteiger partial charge on any atom is 0.106 e. The quantitative estimate of drug-likeness (QED) is 0.572. The van der Waals surface area contributed by atoms with Gasteiger partial charge in [0.15, 0.2) is 0 Å². The fourth-order valence-electron chi connectivity index (χ4n) is 6.71. The normalized spacial score (nSPS) is 52.3. The van der Waals surface area contributed by atoms with Crippen LogP contribution in [0.4, 0.5) is 0 Å². The number of hydrogen-bond acceptors (Lipinski definition) is 4. The van der Waals surface area contributed by atoms with Crippen LogP contribution >= 0.6 is 0 Å². The number of rotatable bonds is 1. The van der Waals surface area contributed by atoms with E-state index in [0.717, 1.165) is 44.2 Å².